The van der Waals surface area contributed by atoms with Crippen LogP contribution in [0.1, 0.15) is 0 Å². The maximum atomic E-state index is 12.6. The van der Waals surface area contributed by atoms with Crippen LogP contribution in [0.5, 0.6) is 11.5 Å². The molecule has 2 aromatic rings. The second-order valence-electron chi connectivity index (χ2n) is 3.04. The Kier molecular flexibility index (Phi) is 2.54. The summed E-state index contributed by atoms with van der Waals surface area (Å²) >= 11 is 0. The van der Waals surface area contributed by atoms with Gasteiger partial charge in [-0.05, 0) is 42.5 Å². The molecule has 0 aromatic heterocycles. The zero-order valence-corrected chi connectivity index (χ0v) is 7.91. The number of benzene rings is 2. The van der Waals surface area contributed by atoms with Crippen LogP contribution in [0.15, 0.2) is 42.5 Å². The third kappa shape index (κ3) is 2.47. The molecule has 0 saturated carbocycles. The third-order valence-corrected chi connectivity index (χ3v) is 1.86. The first kappa shape index (κ1) is 9.52. The van der Waals surface area contributed by atoms with Crippen molar-refractivity contribution in [1.29, 1.82) is 0 Å². The largest absolute Gasteiger partial charge is 0.457 e. The molecule has 0 atom stereocenters. The van der Waals surface area contributed by atoms with Gasteiger partial charge in [0.1, 0.15) is 17.3 Å². The van der Waals surface area contributed by atoms with Crippen molar-refractivity contribution in [2.75, 3.05) is 5.73 Å². The minimum Gasteiger partial charge on any atom is -0.457 e. The van der Waals surface area contributed by atoms with E-state index >= 15 is 0 Å². The second-order valence-corrected chi connectivity index (χ2v) is 3.04. The second kappa shape index (κ2) is 4.00. The Bertz CT molecular complexity index is 393. The van der Waals surface area contributed by atoms with E-state index in [2.05, 4.69) is 6.07 Å². The summed E-state index contributed by atoms with van der Waals surface area (Å²) in [5.74, 6) is 0.914. The molecule has 0 fully saturated rings. The third-order valence-electron chi connectivity index (χ3n) is 1.86. The van der Waals surface area contributed by atoms with Crippen LogP contribution in [-0.4, -0.2) is 0 Å². The molecule has 2 rings (SSSR count). The van der Waals surface area contributed by atoms with E-state index in [1.165, 1.54) is 12.1 Å². The quantitative estimate of drug-likeness (QED) is 0.760. The maximum Gasteiger partial charge on any atom is 0.128 e. The van der Waals surface area contributed by atoms with Crippen molar-refractivity contribution in [3.05, 3.63) is 54.3 Å². The van der Waals surface area contributed by atoms with Crippen molar-refractivity contribution in [1.82, 2.24) is 0 Å². The van der Waals surface area contributed by atoms with Crippen molar-refractivity contribution < 1.29 is 9.13 Å². The van der Waals surface area contributed by atoms with Gasteiger partial charge < -0.3 is 10.5 Å². The monoisotopic (exact) mass is 202 g/mol. The van der Waals surface area contributed by atoms with Gasteiger partial charge in [0, 0.05) is 11.8 Å². The van der Waals surface area contributed by atoms with E-state index < -0.39 is 0 Å². The fourth-order valence-corrected chi connectivity index (χ4v) is 1.12. The van der Waals surface area contributed by atoms with E-state index in [4.69, 9.17) is 10.5 Å². The highest BCUT2D eigenvalue weighted by molar-refractivity contribution is 5.41. The minimum absolute atomic E-state index is 0.286. The number of nitrogen functional groups attached to an aromatic ring is 1. The summed E-state index contributed by atoms with van der Waals surface area (Å²) in [7, 11) is 0. The molecule has 0 aliphatic rings. The van der Waals surface area contributed by atoms with Gasteiger partial charge in [0.05, 0.1) is 0 Å². The van der Waals surface area contributed by atoms with E-state index in [0.717, 1.165) is 0 Å². The lowest BCUT2D eigenvalue weighted by Gasteiger charge is -2.04. The molecule has 0 heterocycles. The predicted molar refractivity (Wildman–Crippen MR) is 56.2 cm³/mol. The van der Waals surface area contributed by atoms with Gasteiger partial charge in [0.2, 0.25) is 0 Å². The maximum absolute atomic E-state index is 12.6. The Morgan fingerprint density at radius 3 is 2.27 bits per heavy atom. The van der Waals surface area contributed by atoms with Crippen LogP contribution in [-0.2, 0) is 0 Å². The van der Waals surface area contributed by atoms with Crippen molar-refractivity contribution in [3.63, 3.8) is 0 Å². The van der Waals surface area contributed by atoms with Crippen LogP contribution < -0.4 is 10.5 Å². The lowest BCUT2D eigenvalue weighted by atomic mass is 10.3. The van der Waals surface area contributed by atoms with Gasteiger partial charge in [0.25, 0.3) is 0 Å². The van der Waals surface area contributed by atoms with E-state index in [1.807, 2.05) is 0 Å². The van der Waals surface area contributed by atoms with Crippen LogP contribution in [0.4, 0.5) is 10.1 Å². The smallest absolute Gasteiger partial charge is 0.128 e. The summed E-state index contributed by atoms with van der Waals surface area (Å²) in [6.45, 7) is 0. The number of nitrogens with two attached hydrogens (primary N) is 1. The number of hydrogen-bond acceptors (Lipinski definition) is 2. The average Bonchev–Trinajstić information content (AvgIpc) is 2.25. The van der Waals surface area contributed by atoms with Crippen molar-refractivity contribution in [2.24, 2.45) is 0 Å². The average molecular weight is 202 g/mol. The Hall–Kier alpha value is -2.03. The van der Waals surface area contributed by atoms with Gasteiger partial charge >= 0.3 is 0 Å². The molecule has 0 amide bonds. The van der Waals surface area contributed by atoms with Crippen molar-refractivity contribution in [2.45, 2.75) is 0 Å². The van der Waals surface area contributed by atoms with Crippen molar-refractivity contribution in [3.8, 4) is 11.5 Å². The highest BCUT2D eigenvalue weighted by atomic mass is 19.1. The zero-order valence-electron chi connectivity index (χ0n) is 7.91. The van der Waals surface area contributed by atoms with E-state index in [9.17, 15) is 4.39 Å². The Labute approximate surface area is 87.1 Å². The molecule has 1 radical (unpaired) electrons. The first-order chi connectivity index (χ1) is 7.24. The Morgan fingerprint density at radius 1 is 1.00 bits per heavy atom. The molecule has 75 valence electrons. The number of rotatable bonds is 2. The molecule has 0 saturated heterocycles. The summed E-state index contributed by atoms with van der Waals surface area (Å²) in [5.41, 5.74) is 6.04. The molecule has 2 aromatic carbocycles. The highest BCUT2D eigenvalue weighted by Crippen LogP contribution is 2.21. The molecule has 0 unspecified atom stereocenters. The summed E-state index contributed by atoms with van der Waals surface area (Å²) in [4.78, 5) is 0. The molecule has 2 nitrogen and oxygen atoms in total. The molecule has 2 N–H and O–H groups in total. The van der Waals surface area contributed by atoms with Crippen LogP contribution in [0.2, 0.25) is 0 Å². The molecule has 0 spiro atoms. The standard InChI is InChI=1S/C12H9FNO/c13-9-1-5-11(6-2-9)15-12-7-3-10(14)4-8-12/h1-3,5-8H,14H2. The number of hydrogen-bond donors (Lipinski definition) is 1. The SMILES string of the molecule is Nc1[c]cc(Oc2ccc(F)cc2)cc1. The summed E-state index contributed by atoms with van der Waals surface area (Å²) in [6.07, 6.45) is 0. The van der Waals surface area contributed by atoms with Gasteiger partial charge in [-0.25, -0.2) is 4.39 Å². The summed E-state index contributed by atoms with van der Waals surface area (Å²) in [5, 5.41) is 0. The number of halogens is 1. The molecule has 0 aliphatic heterocycles. The Balaban J connectivity index is 2.15. The fraction of sp³-hybridized carbons (Fsp3) is 0. The molecular formula is C12H9FNO. The molecule has 0 bridgehead atoms. The zero-order chi connectivity index (χ0) is 10.7. The van der Waals surface area contributed by atoms with E-state index in [-0.39, 0.29) is 5.82 Å². The molecule has 0 aliphatic carbocycles. The van der Waals surface area contributed by atoms with Gasteiger partial charge in [-0.1, -0.05) is 0 Å². The van der Waals surface area contributed by atoms with Gasteiger partial charge in [-0.15, -0.1) is 0 Å². The molecular weight excluding hydrogens is 193 g/mol. The predicted octanol–water partition coefficient (Wildman–Crippen LogP) is 3.00. The minimum atomic E-state index is -0.286. The molecule has 3 heteroatoms. The van der Waals surface area contributed by atoms with Crippen LogP contribution in [0.25, 0.3) is 0 Å². The van der Waals surface area contributed by atoms with E-state index in [0.29, 0.717) is 17.2 Å². The van der Waals surface area contributed by atoms with Crippen LogP contribution in [0.3, 0.4) is 0 Å². The lowest BCUT2D eigenvalue weighted by molar-refractivity contribution is 0.480. The topological polar surface area (TPSA) is 35.2 Å². The van der Waals surface area contributed by atoms with Crippen LogP contribution in [0, 0.1) is 11.9 Å². The lowest BCUT2D eigenvalue weighted by Crippen LogP contribution is -1.87. The van der Waals surface area contributed by atoms with Gasteiger partial charge in [-0.2, -0.15) is 0 Å². The summed E-state index contributed by atoms with van der Waals surface area (Å²) < 4.78 is 18.0. The van der Waals surface area contributed by atoms with E-state index in [1.54, 1.807) is 30.3 Å². The van der Waals surface area contributed by atoms with Gasteiger partial charge in [0.15, 0.2) is 0 Å². The Morgan fingerprint density at radius 2 is 1.67 bits per heavy atom. The fourth-order valence-electron chi connectivity index (χ4n) is 1.12. The first-order valence-corrected chi connectivity index (χ1v) is 4.45. The van der Waals surface area contributed by atoms with Crippen molar-refractivity contribution >= 4 is 5.69 Å². The highest BCUT2D eigenvalue weighted by Gasteiger charge is 1.97. The van der Waals surface area contributed by atoms with Gasteiger partial charge in [-0.3, -0.25) is 0 Å². The number of anilines is 1. The number of ether oxygens (including phenoxy) is 1. The van der Waals surface area contributed by atoms with Crippen LogP contribution >= 0.6 is 0 Å². The summed E-state index contributed by atoms with van der Waals surface area (Å²) in [6, 6.07) is 13.7. The normalized spacial score (nSPS) is 9.93. The molecule has 15 heavy (non-hydrogen) atoms. The first-order valence-electron chi connectivity index (χ1n) is 4.45.